The summed E-state index contributed by atoms with van der Waals surface area (Å²) in [6.45, 7) is 3.01. The monoisotopic (exact) mass is 156 g/mol. The second kappa shape index (κ2) is 2.64. The summed E-state index contributed by atoms with van der Waals surface area (Å²) >= 11 is 0. The quantitative estimate of drug-likeness (QED) is 0.533. The third-order valence-corrected chi connectivity index (χ3v) is 2.02. The molecule has 0 amide bonds. The van der Waals surface area contributed by atoms with E-state index in [4.69, 9.17) is 4.74 Å². The van der Waals surface area contributed by atoms with Gasteiger partial charge in [0.2, 0.25) is 0 Å². The maximum absolute atomic E-state index is 11.2. The Morgan fingerprint density at radius 2 is 2.27 bits per heavy atom. The zero-order valence-electron chi connectivity index (χ0n) is 6.85. The van der Waals surface area contributed by atoms with Gasteiger partial charge < -0.3 is 4.74 Å². The van der Waals surface area contributed by atoms with Gasteiger partial charge in [0, 0.05) is 13.3 Å². The molecule has 0 saturated heterocycles. The van der Waals surface area contributed by atoms with Crippen molar-refractivity contribution in [3.05, 3.63) is 0 Å². The topological polar surface area (TPSA) is 43.4 Å². The summed E-state index contributed by atoms with van der Waals surface area (Å²) < 4.78 is 4.92. The van der Waals surface area contributed by atoms with Crippen molar-refractivity contribution in [2.75, 3.05) is 0 Å². The maximum atomic E-state index is 11.2. The fourth-order valence-corrected chi connectivity index (χ4v) is 1.42. The molecule has 0 heterocycles. The zero-order chi connectivity index (χ0) is 8.48. The van der Waals surface area contributed by atoms with Gasteiger partial charge in [-0.2, -0.15) is 0 Å². The van der Waals surface area contributed by atoms with Crippen LogP contribution in [0.3, 0.4) is 0 Å². The summed E-state index contributed by atoms with van der Waals surface area (Å²) in [5.74, 6) is -0.324. The lowest BCUT2D eigenvalue weighted by molar-refractivity contribution is -0.161. The SMILES string of the molecule is CC(=O)OC1(C)CCCC1=O. The Morgan fingerprint density at radius 1 is 1.64 bits per heavy atom. The van der Waals surface area contributed by atoms with Crippen LogP contribution in [-0.2, 0) is 14.3 Å². The molecule has 1 unspecified atom stereocenters. The highest BCUT2D eigenvalue weighted by Gasteiger charge is 2.40. The summed E-state index contributed by atoms with van der Waals surface area (Å²) in [6, 6.07) is 0. The number of rotatable bonds is 1. The Morgan fingerprint density at radius 3 is 2.64 bits per heavy atom. The lowest BCUT2D eigenvalue weighted by Gasteiger charge is -2.20. The third-order valence-electron chi connectivity index (χ3n) is 2.02. The first kappa shape index (κ1) is 8.24. The number of Topliss-reactive ketones (excluding diaryl/α,β-unsaturated/α-hetero) is 1. The fourth-order valence-electron chi connectivity index (χ4n) is 1.42. The minimum Gasteiger partial charge on any atom is -0.452 e. The van der Waals surface area contributed by atoms with Crippen molar-refractivity contribution in [1.29, 1.82) is 0 Å². The van der Waals surface area contributed by atoms with Gasteiger partial charge in [0.1, 0.15) is 0 Å². The average Bonchev–Trinajstić information content (AvgIpc) is 2.11. The predicted octanol–water partition coefficient (Wildman–Crippen LogP) is 1.06. The third kappa shape index (κ3) is 1.59. The number of ether oxygens (including phenoxy) is 1. The van der Waals surface area contributed by atoms with Crippen molar-refractivity contribution in [2.24, 2.45) is 0 Å². The Hall–Kier alpha value is -0.860. The molecule has 1 atom stereocenters. The summed E-state index contributed by atoms with van der Waals surface area (Å²) in [5, 5.41) is 0. The predicted molar refractivity (Wildman–Crippen MR) is 39.0 cm³/mol. The Labute approximate surface area is 65.7 Å². The molecule has 11 heavy (non-hydrogen) atoms. The molecule has 0 aromatic heterocycles. The fraction of sp³-hybridized carbons (Fsp3) is 0.750. The molecule has 1 rings (SSSR count). The van der Waals surface area contributed by atoms with Crippen molar-refractivity contribution >= 4 is 11.8 Å². The van der Waals surface area contributed by atoms with Crippen LogP contribution in [0, 0.1) is 0 Å². The lowest BCUT2D eigenvalue weighted by Crippen LogP contribution is -2.34. The van der Waals surface area contributed by atoms with E-state index in [1.807, 2.05) is 0 Å². The van der Waals surface area contributed by atoms with E-state index >= 15 is 0 Å². The standard InChI is InChI=1S/C8H12O3/c1-6(9)11-8(2)5-3-4-7(8)10/h3-5H2,1-2H3. The van der Waals surface area contributed by atoms with Crippen LogP contribution < -0.4 is 0 Å². The zero-order valence-corrected chi connectivity index (χ0v) is 6.85. The molecule has 1 saturated carbocycles. The molecule has 0 spiro atoms. The smallest absolute Gasteiger partial charge is 0.303 e. The van der Waals surface area contributed by atoms with Crippen LogP contribution in [0.1, 0.15) is 33.1 Å². The molecule has 0 aromatic carbocycles. The molecular formula is C8H12O3. The average molecular weight is 156 g/mol. The summed E-state index contributed by atoms with van der Waals surface area (Å²) in [5.41, 5.74) is -0.814. The van der Waals surface area contributed by atoms with Crippen LogP contribution in [-0.4, -0.2) is 17.4 Å². The normalized spacial score (nSPS) is 30.5. The number of esters is 1. The molecule has 0 N–H and O–H groups in total. The largest absolute Gasteiger partial charge is 0.452 e. The molecule has 3 heteroatoms. The number of ketones is 1. The van der Waals surface area contributed by atoms with Gasteiger partial charge in [0.15, 0.2) is 11.4 Å². The number of carbonyl (C=O) groups excluding carboxylic acids is 2. The summed E-state index contributed by atoms with van der Waals surface area (Å²) in [6.07, 6.45) is 2.05. The molecule has 1 fully saturated rings. The van der Waals surface area contributed by atoms with E-state index in [0.717, 1.165) is 6.42 Å². The molecular weight excluding hydrogens is 144 g/mol. The first-order chi connectivity index (χ1) is 5.04. The lowest BCUT2D eigenvalue weighted by atomic mass is 10.0. The van der Waals surface area contributed by atoms with Gasteiger partial charge in [0.05, 0.1) is 0 Å². The Balaban J connectivity index is 2.65. The first-order valence-electron chi connectivity index (χ1n) is 3.77. The van der Waals surface area contributed by atoms with Crippen LogP contribution in [0.15, 0.2) is 0 Å². The molecule has 3 nitrogen and oxygen atoms in total. The summed E-state index contributed by atoms with van der Waals surface area (Å²) in [7, 11) is 0. The van der Waals surface area contributed by atoms with Crippen LogP contribution in [0.4, 0.5) is 0 Å². The second-order valence-electron chi connectivity index (χ2n) is 3.10. The van der Waals surface area contributed by atoms with Crippen molar-refractivity contribution in [3.63, 3.8) is 0 Å². The van der Waals surface area contributed by atoms with Crippen molar-refractivity contribution in [3.8, 4) is 0 Å². The van der Waals surface area contributed by atoms with Gasteiger partial charge in [-0.3, -0.25) is 9.59 Å². The van der Waals surface area contributed by atoms with Crippen molar-refractivity contribution < 1.29 is 14.3 Å². The van der Waals surface area contributed by atoms with Crippen LogP contribution in [0.2, 0.25) is 0 Å². The molecule has 1 aliphatic rings. The Kier molecular flexibility index (Phi) is 1.98. The van der Waals surface area contributed by atoms with Gasteiger partial charge in [-0.05, 0) is 19.8 Å². The van der Waals surface area contributed by atoms with E-state index in [2.05, 4.69) is 0 Å². The highest BCUT2D eigenvalue weighted by atomic mass is 16.6. The van der Waals surface area contributed by atoms with Crippen LogP contribution >= 0.6 is 0 Å². The maximum Gasteiger partial charge on any atom is 0.303 e. The van der Waals surface area contributed by atoms with Gasteiger partial charge in [-0.25, -0.2) is 0 Å². The van der Waals surface area contributed by atoms with E-state index in [0.29, 0.717) is 12.8 Å². The van der Waals surface area contributed by atoms with Gasteiger partial charge >= 0.3 is 5.97 Å². The van der Waals surface area contributed by atoms with E-state index in [-0.39, 0.29) is 11.8 Å². The van der Waals surface area contributed by atoms with Crippen molar-refractivity contribution in [2.45, 2.75) is 38.7 Å². The minimum absolute atomic E-state index is 0.0488. The number of hydrogen-bond acceptors (Lipinski definition) is 3. The van der Waals surface area contributed by atoms with E-state index < -0.39 is 5.60 Å². The van der Waals surface area contributed by atoms with Gasteiger partial charge in [-0.1, -0.05) is 0 Å². The van der Waals surface area contributed by atoms with E-state index in [1.54, 1.807) is 6.92 Å². The Bertz CT molecular complexity index is 198. The number of carbonyl (C=O) groups is 2. The van der Waals surface area contributed by atoms with Gasteiger partial charge in [0.25, 0.3) is 0 Å². The van der Waals surface area contributed by atoms with Crippen LogP contribution in [0.25, 0.3) is 0 Å². The molecule has 0 bridgehead atoms. The van der Waals surface area contributed by atoms with Crippen LogP contribution in [0.5, 0.6) is 0 Å². The number of hydrogen-bond donors (Lipinski definition) is 0. The van der Waals surface area contributed by atoms with Crippen molar-refractivity contribution in [1.82, 2.24) is 0 Å². The molecule has 62 valence electrons. The van der Waals surface area contributed by atoms with Gasteiger partial charge in [-0.15, -0.1) is 0 Å². The first-order valence-corrected chi connectivity index (χ1v) is 3.77. The van der Waals surface area contributed by atoms with E-state index in [9.17, 15) is 9.59 Å². The minimum atomic E-state index is -0.814. The molecule has 0 aliphatic heterocycles. The summed E-state index contributed by atoms with van der Waals surface area (Å²) in [4.78, 5) is 21.7. The molecule has 0 radical (unpaired) electrons. The second-order valence-corrected chi connectivity index (χ2v) is 3.10. The molecule has 0 aromatic rings. The highest BCUT2D eigenvalue weighted by molar-refractivity contribution is 5.90. The van der Waals surface area contributed by atoms with E-state index in [1.165, 1.54) is 6.92 Å². The highest BCUT2D eigenvalue weighted by Crippen LogP contribution is 2.29. The molecule has 1 aliphatic carbocycles.